The van der Waals surface area contributed by atoms with Gasteiger partial charge >= 0.3 is 0 Å². The monoisotopic (exact) mass is 285 g/mol. The summed E-state index contributed by atoms with van der Waals surface area (Å²) in [5.41, 5.74) is 1.04. The first-order valence-corrected chi connectivity index (χ1v) is 7.64. The lowest BCUT2D eigenvalue weighted by Gasteiger charge is -2.38. The lowest BCUT2D eigenvalue weighted by molar-refractivity contribution is -0.143. The molecule has 1 aliphatic rings. The standard InChI is InChI=1S/C18H20FNO/c1-2-18(21)20-16(8-5-9-17(20)19)15-11-10-13-6-3-4-7-14(13)12-15/h3-4,6-7,10-12,16-17H,2,5,8-9H2,1H3. The van der Waals surface area contributed by atoms with Crippen LogP contribution < -0.4 is 0 Å². The van der Waals surface area contributed by atoms with Crippen molar-refractivity contribution in [3.63, 3.8) is 0 Å². The number of rotatable bonds is 2. The molecular formula is C18H20FNO. The first-order chi connectivity index (χ1) is 10.2. The van der Waals surface area contributed by atoms with Crippen molar-refractivity contribution in [2.45, 2.75) is 44.9 Å². The minimum Gasteiger partial charge on any atom is -0.305 e. The molecule has 2 aromatic rings. The lowest BCUT2D eigenvalue weighted by Crippen LogP contribution is -2.43. The Morgan fingerprint density at radius 1 is 1.19 bits per heavy atom. The fraction of sp³-hybridized carbons (Fsp3) is 0.389. The van der Waals surface area contributed by atoms with Crippen molar-refractivity contribution < 1.29 is 9.18 Å². The van der Waals surface area contributed by atoms with E-state index in [1.54, 1.807) is 6.92 Å². The Bertz CT molecular complexity index is 654. The zero-order valence-corrected chi connectivity index (χ0v) is 12.3. The molecule has 2 atom stereocenters. The molecular weight excluding hydrogens is 265 g/mol. The first kappa shape index (κ1) is 14.1. The Morgan fingerprint density at radius 3 is 2.71 bits per heavy atom. The molecule has 1 amide bonds. The molecule has 0 radical (unpaired) electrons. The van der Waals surface area contributed by atoms with Gasteiger partial charge in [-0.05, 0) is 41.7 Å². The number of hydrogen-bond donors (Lipinski definition) is 0. The quantitative estimate of drug-likeness (QED) is 0.738. The molecule has 2 aromatic carbocycles. The van der Waals surface area contributed by atoms with Crippen LogP contribution in [0.5, 0.6) is 0 Å². The Balaban J connectivity index is 1.99. The smallest absolute Gasteiger partial charge is 0.225 e. The van der Waals surface area contributed by atoms with E-state index in [2.05, 4.69) is 24.3 Å². The van der Waals surface area contributed by atoms with E-state index in [0.717, 1.165) is 23.8 Å². The molecule has 1 fully saturated rings. The molecule has 0 spiro atoms. The molecule has 2 unspecified atom stereocenters. The first-order valence-electron chi connectivity index (χ1n) is 7.64. The van der Waals surface area contributed by atoms with Gasteiger partial charge in [0.25, 0.3) is 0 Å². The van der Waals surface area contributed by atoms with Gasteiger partial charge < -0.3 is 4.90 Å². The average molecular weight is 285 g/mol. The summed E-state index contributed by atoms with van der Waals surface area (Å²) in [7, 11) is 0. The van der Waals surface area contributed by atoms with E-state index in [0.29, 0.717) is 12.8 Å². The number of fused-ring (bicyclic) bond motifs is 1. The largest absolute Gasteiger partial charge is 0.305 e. The van der Waals surface area contributed by atoms with Crippen LogP contribution in [0.4, 0.5) is 4.39 Å². The van der Waals surface area contributed by atoms with E-state index in [-0.39, 0.29) is 11.9 Å². The maximum absolute atomic E-state index is 14.2. The van der Waals surface area contributed by atoms with Crippen molar-refractivity contribution in [2.75, 3.05) is 0 Å². The molecule has 1 saturated heterocycles. The normalized spacial score (nSPS) is 22.5. The number of alkyl halides is 1. The van der Waals surface area contributed by atoms with Gasteiger partial charge in [0.1, 0.15) is 0 Å². The van der Waals surface area contributed by atoms with Gasteiger partial charge in [-0.25, -0.2) is 4.39 Å². The molecule has 1 aliphatic heterocycles. The zero-order valence-electron chi connectivity index (χ0n) is 12.3. The third-order valence-corrected chi connectivity index (χ3v) is 4.31. The highest BCUT2D eigenvalue weighted by atomic mass is 19.1. The van der Waals surface area contributed by atoms with Crippen LogP contribution in [-0.2, 0) is 4.79 Å². The van der Waals surface area contributed by atoms with Gasteiger partial charge in [-0.1, -0.05) is 43.3 Å². The number of hydrogen-bond acceptors (Lipinski definition) is 1. The molecule has 0 bridgehead atoms. The Morgan fingerprint density at radius 2 is 1.95 bits per heavy atom. The molecule has 1 heterocycles. The summed E-state index contributed by atoms with van der Waals surface area (Å²) in [5.74, 6) is -0.0969. The van der Waals surface area contributed by atoms with Crippen LogP contribution in [0.15, 0.2) is 42.5 Å². The maximum Gasteiger partial charge on any atom is 0.225 e. The van der Waals surface area contributed by atoms with Gasteiger partial charge in [-0.15, -0.1) is 0 Å². The summed E-state index contributed by atoms with van der Waals surface area (Å²) in [4.78, 5) is 13.6. The van der Waals surface area contributed by atoms with Crippen molar-refractivity contribution >= 4 is 16.7 Å². The average Bonchev–Trinajstić information content (AvgIpc) is 2.53. The maximum atomic E-state index is 14.2. The van der Waals surface area contributed by atoms with E-state index in [9.17, 15) is 9.18 Å². The number of piperidine rings is 1. The predicted octanol–water partition coefficient (Wildman–Crippen LogP) is 4.60. The van der Waals surface area contributed by atoms with Crippen molar-refractivity contribution in [2.24, 2.45) is 0 Å². The fourth-order valence-electron chi connectivity index (χ4n) is 3.21. The molecule has 110 valence electrons. The number of amides is 1. The van der Waals surface area contributed by atoms with Crippen molar-refractivity contribution in [3.05, 3.63) is 48.0 Å². The second-order valence-electron chi connectivity index (χ2n) is 5.64. The molecule has 21 heavy (non-hydrogen) atoms. The van der Waals surface area contributed by atoms with Gasteiger partial charge in [0, 0.05) is 6.42 Å². The van der Waals surface area contributed by atoms with Crippen LogP contribution in [0, 0.1) is 0 Å². The third kappa shape index (κ3) is 2.65. The van der Waals surface area contributed by atoms with Gasteiger partial charge in [-0.2, -0.15) is 0 Å². The van der Waals surface area contributed by atoms with Gasteiger partial charge in [0.15, 0.2) is 6.30 Å². The fourth-order valence-corrected chi connectivity index (χ4v) is 3.21. The number of carbonyl (C=O) groups excluding carboxylic acids is 1. The SMILES string of the molecule is CCC(=O)N1C(F)CCCC1c1ccc2ccccc2c1. The Kier molecular flexibility index (Phi) is 3.91. The highest BCUT2D eigenvalue weighted by Crippen LogP contribution is 2.36. The molecule has 3 heteroatoms. The second-order valence-corrected chi connectivity index (χ2v) is 5.64. The summed E-state index contributed by atoms with van der Waals surface area (Å²) in [5, 5.41) is 2.31. The molecule has 0 aromatic heterocycles. The number of carbonyl (C=O) groups is 1. The van der Waals surface area contributed by atoms with E-state index in [4.69, 9.17) is 0 Å². The number of likely N-dealkylation sites (tertiary alicyclic amines) is 1. The Labute approximate surface area is 124 Å². The van der Waals surface area contributed by atoms with Crippen molar-refractivity contribution in [1.29, 1.82) is 0 Å². The van der Waals surface area contributed by atoms with Gasteiger partial charge in [-0.3, -0.25) is 4.79 Å². The summed E-state index contributed by atoms with van der Waals surface area (Å²) in [6.45, 7) is 1.79. The molecule has 0 N–H and O–H groups in total. The summed E-state index contributed by atoms with van der Waals surface area (Å²) >= 11 is 0. The predicted molar refractivity (Wildman–Crippen MR) is 82.6 cm³/mol. The van der Waals surface area contributed by atoms with Crippen molar-refractivity contribution in [3.8, 4) is 0 Å². The highest BCUT2D eigenvalue weighted by Gasteiger charge is 2.34. The van der Waals surface area contributed by atoms with E-state index in [1.807, 2.05) is 18.2 Å². The van der Waals surface area contributed by atoms with E-state index in [1.165, 1.54) is 10.3 Å². The second kappa shape index (κ2) is 5.84. The third-order valence-electron chi connectivity index (χ3n) is 4.31. The molecule has 0 aliphatic carbocycles. The van der Waals surface area contributed by atoms with Gasteiger partial charge in [0.05, 0.1) is 6.04 Å². The van der Waals surface area contributed by atoms with Crippen LogP contribution in [-0.4, -0.2) is 17.1 Å². The summed E-state index contributed by atoms with van der Waals surface area (Å²) in [6.07, 6.45) is 1.32. The van der Waals surface area contributed by atoms with Crippen molar-refractivity contribution in [1.82, 2.24) is 4.90 Å². The molecule has 3 rings (SSSR count). The minimum absolute atomic E-state index is 0.0969. The van der Waals surface area contributed by atoms with Crippen LogP contribution in [0.3, 0.4) is 0 Å². The van der Waals surface area contributed by atoms with Crippen LogP contribution >= 0.6 is 0 Å². The topological polar surface area (TPSA) is 20.3 Å². The summed E-state index contributed by atoms with van der Waals surface area (Å²) in [6, 6.07) is 14.2. The highest BCUT2D eigenvalue weighted by molar-refractivity contribution is 5.83. The number of nitrogens with zero attached hydrogens (tertiary/aromatic N) is 1. The van der Waals surface area contributed by atoms with Crippen LogP contribution in [0.2, 0.25) is 0 Å². The number of benzene rings is 2. The van der Waals surface area contributed by atoms with E-state index < -0.39 is 6.30 Å². The van der Waals surface area contributed by atoms with Crippen LogP contribution in [0.1, 0.15) is 44.2 Å². The van der Waals surface area contributed by atoms with Crippen LogP contribution in [0.25, 0.3) is 10.8 Å². The van der Waals surface area contributed by atoms with E-state index >= 15 is 0 Å². The van der Waals surface area contributed by atoms with Gasteiger partial charge in [0.2, 0.25) is 5.91 Å². The molecule has 0 saturated carbocycles. The summed E-state index contributed by atoms with van der Waals surface area (Å²) < 4.78 is 14.2. The zero-order chi connectivity index (χ0) is 14.8. The number of halogens is 1. The minimum atomic E-state index is -1.15. The Hall–Kier alpha value is -1.90. The molecule has 2 nitrogen and oxygen atoms in total. The lowest BCUT2D eigenvalue weighted by atomic mass is 9.92.